The Morgan fingerprint density at radius 1 is 1.07 bits per heavy atom. The Morgan fingerprint density at radius 2 is 1.97 bits per heavy atom. The maximum Gasteiger partial charge on any atom is 0.237 e. The van der Waals surface area contributed by atoms with Crippen molar-refractivity contribution in [3.8, 4) is 0 Å². The minimum absolute atomic E-state index is 0.0679. The maximum atomic E-state index is 13.3. The molecule has 1 saturated heterocycles. The molecule has 5 rings (SSSR count). The van der Waals surface area contributed by atoms with Crippen molar-refractivity contribution in [1.82, 2.24) is 19.8 Å². The van der Waals surface area contributed by atoms with E-state index in [1.165, 1.54) is 15.3 Å². The SMILES string of the molecule is O=C(CN1CCN(c2cnccn2)CC1)N1CCc2sccc2[C@@H]1c1cccs1. The zero-order valence-corrected chi connectivity index (χ0v) is 17.7. The molecule has 0 spiro atoms. The van der Waals surface area contributed by atoms with Gasteiger partial charge in [0.2, 0.25) is 5.91 Å². The quantitative estimate of drug-likeness (QED) is 0.643. The first kappa shape index (κ1) is 18.7. The zero-order valence-electron chi connectivity index (χ0n) is 16.1. The lowest BCUT2D eigenvalue weighted by Gasteiger charge is -2.39. The zero-order chi connectivity index (χ0) is 19.6. The number of thiophene rings is 2. The fourth-order valence-electron chi connectivity index (χ4n) is 4.21. The molecule has 2 aliphatic heterocycles. The van der Waals surface area contributed by atoms with E-state index in [9.17, 15) is 4.79 Å². The van der Waals surface area contributed by atoms with E-state index in [0.29, 0.717) is 6.54 Å². The van der Waals surface area contributed by atoms with Crippen LogP contribution < -0.4 is 4.90 Å². The molecule has 2 aliphatic rings. The molecule has 0 aromatic carbocycles. The monoisotopic (exact) mass is 425 g/mol. The summed E-state index contributed by atoms with van der Waals surface area (Å²) in [6.07, 6.45) is 6.19. The van der Waals surface area contributed by atoms with Crippen LogP contribution in [0.5, 0.6) is 0 Å². The molecule has 1 fully saturated rings. The van der Waals surface area contributed by atoms with Crippen molar-refractivity contribution < 1.29 is 4.79 Å². The highest BCUT2D eigenvalue weighted by Gasteiger charge is 2.34. The van der Waals surface area contributed by atoms with Crippen LogP contribution in [0.4, 0.5) is 5.82 Å². The molecule has 0 bridgehead atoms. The highest BCUT2D eigenvalue weighted by Crippen LogP contribution is 2.39. The van der Waals surface area contributed by atoms with Crippen LogP contribution in [0, 0.1) is 0 Å². The van der Waals surface area contributed by atoms with Gasteiger partial charge in [-0.1, -0.05) is 6.07 Å². The average Bonchev–Trinajstić information content (AvgIpc) is 3.46. The van der Waals surface area contributed by atoms with Gasteiger partial charge in [-0.05, 0) is 34.9 Å². The third kappa shape index (κ3) is 3.80. The standard InChI is InChI=1S/C21H23N5OS2/c27-20(15-24-8-10-25(11-9-24)19-14-22-5-6-23-19)26-7-3-17-16(4-13-29-17)21(26)18-2-1-12-28-18/h1-2,4-6,12-14,21H,3,7-11,15H2/t21-/m1/s1. The molecule has 8 heteroatoms. The molecule has 3 aromatic rings. The van der Waals surface area contributed by atoms with E-state index in [1.54, 1.807) is 29.9 Å². The molecular formula is C21H23N5OS2. The Balaban J connectivity index is 1.26. The normalized spacial score (nSPS) is 19.9. The topological polar surface area (TPSA) is 52.6 Å². The number of aromatic nitrogens is 2. The fraction of sp³-hybridized carbons (Fsp3) is 0.381. The lowest BCUT2D eigenvalue weighted by molar-refractivity contribution is -0.134. The summed E-state index contributed by atoms with van der Waals surface area (Å²) in [6, 6.07) is 6.50. The van der Waals surface area contributed by atoms with Gasteiger partial charge < -0.3 is 9.80 Å². The fourth-order valence-corrected chi connectivity index (χ4v) is 5.97. The van der Waals surface area contributed by atoms with E-state index in [0.717, 1.165) is 45.0 Å². The summed E-state index contributed by atoms with van der Waals surface area (Å²) in [7, 11) is 0. The Bertz CT molecular complexity index is 951. The van der Waals surface area contributed by atoms with Gasteiger partial charge in [-0.3, -0.25) is 14.7 Å². The van der Waals surface area contributed by atoms with Gasteiger partial charge in [0.1, 0.15) is 5.82 Å². The van der Waals surface area contributed by atoms with Crippen LogP contribution in [-0.2, 0) is 11.2 Å². The summed E-state index contributed by atoms with van der Waals surface area (Å²) in [4.78, 5) is 31.1. The van der Waals surface area contributed by atoms with Crippen molar-refractivity contribution in [3.63, 3.8) is 0 Å². The van der Waals surface area contributed by atoms with E-state index < -0.39 is 0 Å². The van der Waals surface area contributed by atoms with Crippen LogP contribution in [0.2, 0.25) is 0 Å². The molecule has 0 unspecified atom stereocenters. The second-order valence-electron chi connectivity index (χ2n) is 7.38. The van der Waals surface area contributed by atoms with E-state index in [4.69, 9.17) is 0 Å². The number of anilines is 1. The number of carbonyl (C=O) groups is 1. The summed E-state index contributed by atoms with van der Waals surface area (Å²) in [6.45, 7) is 4.75. The largest absolute Gasteiger partial charge is 0.353 e. The van der Waals surface area contributed by atoms with Crippen LogP contribution in [0.1, 0.15) is 21.4 Å². The van der Waals surface area contributed by atoms with Gasteiger partial charge in [-0.25, -0.2) is 4.98 Å². The number of nitrogens with zero attached hydrogens (tertiary/aromatic N) is 5. The lowest BCUT2D eigenvalue weighted by atomic mass is 9.98. The molecule has 6 nitrogen and oxygen atoms in total. The number of hydrogen-bond acceptors (Lipinski definition) is 7. The smallest absolute Gasteiger partial charge is 0.237 e. The molecule has 150 valence electrons. The van der Waals surface area contributed by atoms with Gasteiger partial charge >= 0.3 is 0 Å². The third-order valence-electron chi connectivity index (χ3n) is 5.70. The van der Waals surface area contributed by atoms with Crippen molar-refractivity contribution in [2.75, 3.05) is 44.2 Å². The molecule has 0 N–H and O–H groups in total. The Hall–Kier alpha value is -2.29. The van der Waals surface area contributed by atoms with Gasteiger partial charge in [-0.2, -0.15) is 0 Å². The predicted molar refractivity (Wildman–Crippen MR) is 117 cm³/mol. The van der Waals surface area contributed by atoms with Crippen LogP contribution in [0.3, 0.4) is 0 Å². The van der Waals surface area contributed by atoms with Crippen molar-refractivity contribution in [2.24, 2.45) is 0 Å². The molecule has 0 aliphatic carbocycles. The highest BCUT2D eigenvalue weighted by atomic mass is 32.1. The minimum Gasteiger partial charge on any atom is -0.353 e. The summed E-state index contributed by atoms with van der Waals surface area (Å²) in [5, 5.41) is 4.26. The van der Waals surface area contributed by atoms with E-state index in [-0.39, 0.29) is 11.9 Å². The highest BCUT2D eigenvalue weighted by molar-refractivity contribution is 7.10. The molecule has 1 amide bonds. The van der Waals surface area contributed by atoms with Crippen LogP contribution in [0.15, 0.2) is 47.5 Å². The number of amides is 1. The Labute approximate surface area is 178 Å². The number of fused-ring (bicyclic) bond motifs is 1. The summed E-state index contributed by atoms with van der Waals surface area (Å²) >= 11 is 3.55. The predicted octanol–water partition coefficient (Wildman–Crippen LogP) is 2.90. The number of piperazine rings is 1. The molecule has 0 radical (unpaired) electrons. The first-order valence-corrected chi connectivity index (χ1v) is 11.7. The van der Waals surface area contributed by atoms with Gasteiger partial charge in [0.05, 0.1) is 18.8 Å². The summed E-state index contributed by atoms with van der Waals surface area (Å²) in [5.41, 5.74) is 1.31. The van der Waals surface area contributed by atoms with Gasteiger partial charge in [-0.15, -0.1) is 22.7 Å². The van der Waals surface area contributed by atoms with Crippen LogP contribution in [-0.4, -0.2) is 64.9 Å². The first-order valence-electron chi connectivity index (χ1n) is 9.92. The van der Waals surface area contributed by atoms with E-state index in [2.05, 4.69) is 53.6 Å². The number of hydrogen-bond donors (Lipinski definition) is 0. The molecule has 0 saturated carbocycles. The second-order valence-corrected chi connectivity index (χ2v) is 9.36. The summed E-state index contributed by atoms with van der Waals surface area (Å²) in [5.74, 6) is 1.14. The van der Waals surface area contributed by atoms with Gasteiger partial charge in [0, 0.05) is 54.9 Å². The Morgan fingerprint density at radius 3 is 2.72 bits per heavy atom. The molecule has 3 aromatic heterocycles. The maximum absolute atomic E-state index is 13.3. The average molecular weight is 426 g/mol. The van der Waals surface area contributed by atoms with Gasteiger partial charge in [0.25, 0.3) is 0 Å². The molecular weight excluding hydrogens is 402 g/mol. The van der Waals surface area contributed by atoms with Gasteiger partial charge in [0.15, 0.2) is 0 Å². The van der Waals surface area contributed by atoms with Crippen LogP contribution >= 0.6 is 22.7 Å². The molecule has 29 heavy (non-hydrogen) atoms. The van der Waals surface area contributed by atoms with Crippen molar-refractivity contribution in [3.05, 3.63) is 62.9 Å². The third-order valence-corrected chi connectivity index (χ3v) is 7.62. The number of rotatable bonds is 4. The first-order chi connectivity index (χ1) is 14.3. The van der Waals surface area contributed by atoms with Crippen molar-refractivity contribution in [2.45, 2.75) is 12.5 Å². The minimum atomic E-state index is 0.0679. The van der Waals surface area contributed by atoms with E-state index in [1.807, 2.05) is 11.3 Å². The molecule has 5 heterocycles. The van der Waals surface area contributed by atoms with Crippen LogP contribution in [0.25, 0.3) is 0 Å². The Kier molecular flexibility index (Phi) is 5.30. The summed E-state index contributed by atoms with van der Waals surface area (Å²) < 4.78 is 0. The number of carbonyl (C=O) groups excluding carboxylic acids is 1. The molecule has 1 atom stereocenters. The van der Waals surface area contributed by atoms with Crippen molar-refractivity contribution in [1.29, 1.82) is 0 Å². The lowest BCUT2D eigenvalue weighted by Crippen LogP contribution is -2.51. The van der Waals surface area contributed by atoms with E-state index >= 15 is 0 Å². The second kappa shape index (κ2) is 8.22. The van der Waals surface area contributed by atoms with Crippen molar-refractivity contribution >= 4 is 34.4 Å².